The van der Waals surface area contributed by atoms with Gasteiger partial charge in [-0.3, -0.25) is 4.79 Å². The van der Waals surface area contributed by atoms with E-state index < -0.39 is 0 Å². The predicted molar refractivity (Wildman–Crippen MR) is 114 cm³/mol. The molecule has 5 nitrogen and oxygen atoms in total. The highest BCUT2D eigenvalue weighted by Crippen LogP contribution is 2.29. The Morgan fingerprint density at radius 1 is 1.14 bits per heavy atom. The van der Waals surface area contributed by atoms with Gasteiger partial charge >= 0.3 is 0 Å². The van der Waals surface area contributed by atoms with Gasteiger partial charge in [-0.2, -0.15) is 0 Å². The Balaban J connectivity index is 1.55. The summed E-state index contributed by atoms with van der Waals surface area (Å²) in [4.78, 5) is 17.4. The van der Waals surface area contributed by atoms with Gasteiger partial charge in [-0.25, -0.2) is 9.38 Å². The van der Waals surface area contributed by atoms with Crippen molar-refractivity contribution in [3.05, 3.63) is 83.3 Å². The number of aliphatic imine (C=N–C) groups is 1. The van der Waals surface area contributed by atoms with Crippen molar-refractivity contribution < 1.29 is 13.9 Å². The van der Waals surface area contributed by atoms with E-state index in [1.807, 2.05) is 54.1 Å². The number of hydrogen-bond acceptors (Lipinski definition) is 4. The van der Waals surface area contributed by atoms with Crippen LogP contribution in [-0.4, -0.2) is 22.2 Å². The van der Waals surface area contributed by atoms with Gasteiger partial charge in [0, 0.05) is 17.6 Å². The van der Waals surface area contributed by atoms with Crippen LogP contribution < -0.4 is 10.1 Å². The first kappa shape index (κ1) is 19.0. The van der Waals surface area contributed by atoms with Crippen LogP contribution in [0.5, 0.6) is 5.75 Å². The van der Waals surface area contributed by atoms with Crippen LogP contribution in [0.25, 0.3) is 11.8 Å². The van der Waals surface area contributed by atoms with Crippen molar-refractivity contribution in [3.8, 4) is 11.4 Å². The number of nitrogens with zero attached hydrogens (tertiary/aromatic N) is 2. The van der Waals surface area contributed by atoms with Crippen molar-refractivity contribution in [2.75, 3.05) is 6.61 Å². The molecule has 1 aliphatic rings. The highest BCUT2D eigenvalue weighted by atomic mass is 32.2. The SMILES string of the molecule is CCOc1ccc(N=C2NC(=O)/C(=C\c3cccn3-c3ccc(F)cc3)S2)cc1. The molecule has 2 heterocycles. The average molecular weight is 407 g/mol. The summed E-state index contributed by atoms with van der Waals surface area (Å²) in [5.41, 5.74) is 2.36. The molecule has 2 aromatic carbocycles. The maximum absolute atomic E-state index is 13.2. The first-order valence-electron chi connectivity index (χ1n) is 9.08. The number of carbonyl (C=O) groups excluding carboxylic acids is 1. The molecule has 1 saturated heterocycles. The lowest BCUT2D eigenvalue weighted by Gasteiger charge is -2.06. The van der Waals surface area contributed by atoms with Crippen LogP contribution in [0.15, 0.2) is 76.8 Å². The molecule has 0 spiro atoms. The van der Waals surface area contributed by atoms with Gasteiger partial charge < -0.3 is 14.6 Å². The summed E-state index contributed by atoms with van der Waals surface area (Å²) in [6.07, 6.45) is 3.66. The zero-order chi connectivity index (χ0) is 20.2. The highest BCUT2D eigenvalue weighted by Gasteiger charge is 2.24. The maximum atomic E-state index is 13.2. The first-order chi connectivity index (χ1) is 14.1. The zero-order valence-corrected chi connectivity index (χ0v) is 16.4. The zero-order valence-electron chi connectivity index (χ0n) is 15.6. The Kier molecular flexibility index (Phi) is 5.48. The molecule has 4 rings (SSSR count). The second-order valence-electron chi connectivity index (χ2n) is 6.19. The highest BCUT2D eigenvalue weighted by molar-refractivity contribution is 8.18. The molecule has 29 heavy (non-hydrogen) atoms. The minimum atomic E-state index is -0.290. The second-order valence-corrected chi connectivity index (χ2v) is 7.22. The Labute approximate surface area is 171 Å². The quantitative estimate of drug-likeness (QED) is 0.612. The van der Waals surface area contributed by atoms with Gasteiger partial charge in [-0.1, -0.05) is 0 Å². The third-order valence-electron chi connectivity index (χ3n) is 4.19. The van der Waals surface area contributed by atoms with Gasteiger partial charge in [0.2, 0.25) is 0 Å². The number of thioether (sulfide) groups is 1. The predicted octanol–water partition coefficient (Wildman–Crippen LogP) is 4.91. The molecular formula is C22H18FN3O2S. The number of amidine groups is 1. The monoisotopic (exact) mass is 407 g/mol. The topological polar surface area (TPSA) is 55.6 Å². The molecule has 0 atom stereocenters. The van der Waals surface area contributed by atoms with Crippen LogP contribution in [0.1, 0.15) is 12.6 Å². The number of rotatable bonds is 5. The number of carbonyl (C=O) groups is 1. The molecule has 0 bridgehead atoms. The molecule has 0 aliphatic carbocycles. The van der Waals surface area contributed by atoms with Gasteiger partial charge in [0.05, 0.1) is 17.2 Å². The van der Waals surface area contributed by atoms with Crippen LogP contribution in [0, 0.1) is 5.82 Å². The Morgan fingerprint density at radius 2 is 1.90 bits per heavy atom. The molecule has 1 amide bonds. The van der Waals surface area contributed by atoms with E-state index >= 15 is 0 Å². The Morgan fingerprint density at radius 3 is 2.62 bits per heavy atom. The van der Waals surface area contributed by atoms with Gasteiger partial charge in [0.25, 0.3) is 5.91 Å². The van der Waals surface area contributed by atoms with Gasteiger partial charge in [0.1, 0.15) is 11.6 Å². The van der Waals surface area contributed by atoms with Crippen molar-refractivity contribution in [2.24, 2.45) is 4.99 Å². The van der Waals surface area contributed by atoms with E-state index in [1.54, 1.807) is 18.2 Å². The molecular weight excluding hydrogens is 389 g/mol. The number of amides is 1. The summed E-state index contributed by atoms with van der Waals surface area (Å²) in [5, 5.41) is 3.31. The fourth-order valence-electron chi connectivity index (χ4n) is 2.86. The molecule has 0 unspecified atom stereocenters. The van der Waals surface area contributed by atoms with Crippen molar-refractivity contribution in [2.45, 2.75) is 6.92 Å². The summed E-state index contributed by atoms with van der Waals surface area (Å²) < 4.78 is 20.5. The normalized spacial score (nSPS) is 16.4. The van der Waals surface area contributed by atoms with E-state index in [2.05, 4.69) is 10.3 Å². The molecule has 3 aromatic rings. The van der Waals surface area contributed by atoms with Crippen LogP contribution in [0.3, 0.4) is 0 Å². The minimum Gasteiger partial charge on any atom is -0.494 e. The van der Waals surface area contributed by atoms with E-state index in [-0.39, 0.29) is 11.7 Å². The smallest absolute Gasteiger partial charge is 0.264 e. The third-order valence-corrected chi connectivity index (χ3v) is 5.10. The van der Waals surface area contributed by atoms with E-state index in [9.17, 15) is 9.18 Å². The molecule has 1 aromatic heterocycles. The van der Waals surface area contributed by atoms with Crippen molar-refractivity contribution >= 4 is 34.6 Å². The van der Waals surface area contributed by atoms with Crippen LogP contribution in [0.4, 0.5) is 10.1 Å². The summed E-state index contributed by atoms with van der Waals surface area (Å²) >= 11 is 1.28. The number of benzene rings is 2. The van der Waals surface area contributed by atoms with E-state index in [1.165, 1.54) is 23.9 Å². The van der Waals surface area contributed by atoms with Crippen LogP contribution in [0.2, 0.25) is 0 Å². The standard InChI is InChI=1S/C22H18FN3O2S/c1-2-28-19-11-7-16(8-12-19)24-22-25-21(27)20(29-22)14-18-4-3-13-26(18)17-9-5-15(23)6-10-17/h3-14H,2H2,1H3,(H,24,25,27)/b20-14+. The molecule has 1 N–H and O–H groups in total. The first-order valence-corrected chi connectivity index (χ1v) is 9.90. The number of hydrogen-bond donors (Lipinski definition) is 1. The maximum Gasteiger partial charge on any atom is 0.264 e. The Hall–Kier alpha value is -3.32. The van der Waals surface area contributed by atoms with Crippen LogP contribution in [-0.2, 0) is 4.79 Å². The van der Waals surface area contributed by atoms with E-state index in [4.69, 9.17) is 4.74 Å². The average Bonchev–Trinajstić information content (AvgIpc) is 3.31. The molecule has 0 saturated carbocycles. The lowest BCUT2D eigenvalue weighted by Crippen LogP contribution is -2.19. The lowest BCUT2D eigenvalue weighted by molar-refractivity contribution is -0.115. The fraction of sp³-hybridized carbons (Fsp3) is 0.0909. The number of ether oxygens (including phenoxy) is 1. The molecule has 146 valence electrons. The van der Waals surface area contributed by atoms with E-state index in [0.29, 0.717) is 16.7 Å². The summed E-state index contributed by atoms with van der Waals surface area (Å²) in [6, 6.07) is 17.3. The molecule has 1 aliphatic heterocycles. The van der Waals surface area contributed by atoms with Crippen LogP contribution >= 0.6 is 11.8 Å². The molecule has 0 radical (unpaired) electrons. The van der Waals surface area contributed by atoms with Crippen molar-refractivity contribution in [3.63, 3.8) is 0 Å². The lowest BCUT2D eigenvalue weighted by atomic mass is 10.3. The Bertz CT molecular complexity index is 1090. The van der Waals surface area contributed by atoms with E-state index in [0.717, 1.165) is 22.8 Å². The van der Waals surface area contributed by atoms with Crippen molar-refractivity contribution in [1.29, 1.82) is 0 Å². The number of aromatic nitrogens is 1. The number of halogens is 1. The number of nitrogens with one attached hydrogen (secondary N) is 1. The van der Waals surface area contributed by atoms with Gasteiger partial charge in [-0.05, 0) is 85.4 Å². The van der Waals surface area contributed by atoms with Crippen molar-refractivity contribution in [1.82, 2.24) is 9.88 Å². The molecule has 7 heteroatoms. The largest absolute Gasteiger partial charge is 0.494 e. The third kappa shape index (κ3) is 4.41. The molecule has 1 fully saturated rings. The summed E-state index contributed by atoms with van der Waals surface area (Å²) in [7, 11) is 0. The second kappa shape index (κ2) is 8.36. The summed E-state index contributed by atoms with van der Waals surface area (Å²) in [5.74, 6) is 0.287. The van der Waals surface area contributed by atoms with Gasteiger partial charge in [0.15, 0.2) is 5.17 Å². The summed E-state index contributed by atoms with van der Waals surface area (Å²) in [6.45, 7) is 2.53. The minimum absolute atomic E-state index is 0.202. The fourth-order valence-corrected chi connectivity index (χ4v) is 3.69. The van der Waals surface area contributed by atoms with Gasteiger partial charge in [-0.15, -0.1) is 0 Å².